The Bertz CT molecular complexity index is 148. The molecule has 0 bridgehead atoms. The van der Waals surface area contributed by atoms with E-state index in [1.54, 1.807) is 0 Å². The van der Waals surface area contributed by atoms with Gasteiger partial charge in [-0.2, -0.15) is 0 Å². The van der Waals surface area contributed by atoms with Crippen LogP contribution in [0.1, 0.15) is 34.6 Å². The van der Waals surface area contributed by atoms with E-state index in [-0.39, 0.29) is 18.5 Å². The van der Waals surface area contributed by atoms with E-state index >= 15 is 0 Å². The van der Waals surface area contributed by atoms with Gasteiger partial charge in [-0.3, -0.25) is 0 Å². The molecular formula is C12H26O4. The van der Waals surface area contributed by atoms with Gasteiger partial charge in [-0.1, -0.05) is 0 Å². The van der Waals surface area contributed by atoms with E-state index in [9.17, 15) is 0 Å². The minimum atomic E-state index is -0.303. The van der Waals surface area contributed by atoms with Crippen molar-refractivity contribution in [1.82, 2.24) is 0 Å². The van der Waals surface area contributed by atoms with Crippen molar-refractivity contribution >= 4 is 0 Å². The molecule has 0 aromatic heterocycles. The minimum absolute atomic E-state index is 0.132. The molecule has 0 aliphatic heterocycles. The average molecular weight is 234 g/mol. The maximum absolute atomic E-state index is 5.58. The summed E-state index contributed by atoms with van der Waals surface area (Å²) < 4.78 is 21.8. The molecule has 0 aromatic rings. The van der Waals surface area contributed by atoms with Gasteiger partial charge in [0.2, 0.25) is 0 Å². The third-order valence-electron chi connectivity index (χ3n) is 1.73. The topological polar surface area (TPSA) is 36.9 Å². The number of hydrogen-bond donors (Lipinski definition) is 0. The predicted molar refractivity (Wildman–Crippen MR) is 63.5 cm³/mol. The van der Waals surface area contributed by atoms with E-state index in [1.807, 2.05) is 34.6 Å². The second-order valence-electron chi connectivity index (χ2n) is 4.06. The molecule has 98 valence electrons. The third kappa shape index (κ3) is 10.4. The molecule has 4 heteroatoms. The van der Waals surface area contributed by atoms with Crippen molar-refractivity contribution in [2.45, 2.75) is 53.1 Å². The van der Waals surface area contributed by atoms with Crippen molar-refractivity contribution in [3.8, 4) is 0 Å². The van der Waals surface area contributed by atoms with E-state index in [2.05, 4.69) is 0 Å². The van der Waals surface area contributed by atoms with Crippen LogP contribution in [-0.2, 0) is 18.9 Å². The first-order chi connectivity index (χ1) is 7.56. The lowest BCUT2D eigenvalue weighted by atomic mass is 10.4. The van der Waals surface area contributed by atoms with Crippen LogP contribution in [0.5, 0.6) is 0 Å². The van der Waals surface area contributed by atoms with Crippen LogP contribution >= 0.6 is 0 Å². The Morgan fingerprint density at radius 2 is 1.56 bits per heavy atom. The fourth-order valence-corrected chi connectivity index (χ4v) is 1.08. The second-order valence-corrected chi connectivity index (χ2v) is 4.06. The van der Waals surface area contributed by atoms with Crippen molar-refractivity contribution in [2.24, 2.45) is 0 Å². The van der Waals surface area contributed by atoms with E-state index < -0.39 is 0 Å². The second kappa shape index (κ2) is 10.0. The third-order valence-corrected chi connectivity index (χ3v) is 1.73. The summed E-state index contributed by atoms with van der Waals surface area (Å²) in [5, 5.41) is 0. The molecule has 0 amide bonds. The quantitative estimate of drug-likeness (QED) is 0.429. The van der Waals surface area contributed by atoms with Crippen LogP contribution in [-0.4, -0.2) is 44.9 Å². The summed E-state index contributed by atoms with van der Waals surface area (Å²) in [6.07, 6.45) is 0.0180. The van der Waals surface area contributed by atoms with Gasteiger partial charge in [0, 0.05) is 6.61 Å². The Balaban J connectivity index is 3.72. The van der Waals surface area contributed by atoms with Crippen LogP contribution in [0.25, 0.3) is 0 Å². The lowest BCUT2D eigenvalue weighted by Crippen LogP contribution is -2.29. The smallest absolute Gasteiger partial charge is 0.181 e. The number of ether oxygens (including phenoxy) is 4. The van der Waals surface area contributed by atoms with Crippen molar-refractivity contribution in [3.63, 3.8) is 0 Å². The maximum Gasteiger partial charge on any atom is 0.181 e. The minimum Gasteiger partial charge on any atom is -0.379 e. The predicted octanol–water partition coefficient (Wildman–Crippen LogP) is 2.22. The monoisotopic (exact) mass is 234 g/mol. The Hall–Kier alpha value is -0.160. The molecule has 0 aliphatic rings. The van der Waals surface area contributed by atoms with E-state index in [0.29, 0.717) is 26.4 Å². The number of rotatable bonds is 10. The molecule has 0 aromatic carbocycles. The Labute approximate surface area is 99.2 Å². The molecule has 1 atom stereocenters. The van der Waals surface area contributed by atoms with Crippen LogP contribution in [0, 0.1) is 0 Å². The molecule has 16 heavy (non-hydrogen) atoms. The fraction of sp³-hybridized carbons (Fsp3) is 1.00. The molecule has 4 nitrogen and oxygen atoms in total. The molecule has 0 spiro atoms. The lowest BCUT2D eigenvalue weighted by molar-refractivity contribution is -0.199. The average Bonchev–Trinajstić information content (AvgIpc) is 2.19. The van der Waals surface area contributed by atoms with Crippen molar-refractivity contribution in [1.29, 1.82) is 0 Å². The summed E-state index contributed by atoms with van der Waals surface area (Å²) in [7, 11) is 0. The van der Waals surface area contributed by atoms with Crippen LogP contribution in [0.3, 0.4) is 0 Å². The molecule has 0 heterocycles. The van der Waals surface area contributed by atoms with Gasteiger partial charge >= 0.3 is 0 Å². The first-order valence-electron chi connectivity index (χ1n) is 6.02. The zero-order valence-electron chi connectivity index (χ0n) is 11.2. The maximum atomic E-state index is 5.58. The highest BCUT2D eigenvalue weighted by Crippen LogP contribution is 2.03. The molecule has 0 aliphatic carbocycles. The van der Waals surface area contributed by atoms with Crippen LogP contribution in [0.15, 0.2) is 0 Å². The number of hydrogen-bond acceptors (Lipinski definition) is 4. The van der Waals surface area contributed by atoms with Crippen molar-refractivity contribution < 1.29 is 18.9 Å². The fourth-order valence-electron chi connectivity index (χ4n) is 1.08. The first-order valence-corrected chi connectivity index (χ1v) is 6.02. The zero-order valence-corrected chi connectivity index (χ0v) is 11.2. The molecule has 0 saturated heterocycles. The van der Waals surface area contributed by atoms with Gasteiger partial charge in [-0.15, -0.1) is 0 Å². The summed E-state index contributed by atoms with van der Waals surface area (Å²) in [5.74, 6) is 0. The van der Waals surface area contributed by atoms with Crippen LogP contribution in [0.4, 0.5) is 0 Å². The van der Waals surface area contributed by atoms with Gasteiger partial charge < -0.3 is 18.9 Å². The molecule has 0 rings (SSSR count). The van der Waals surface area contributed by atoms with Crippen LogP contribution < -0.4 is 0 Å². The summed E-state index contributed by atoms with van der Waals surface area (Å²) in [4.78, 5) is 0. The Morgan fingerprint density at radius 1 is 0.875 bits per heavy atom. The van der Waals surface area contributed by atoms with Gasteiger partial charge in [0.05, 0.1) is 32.0 Å². The molecule has 0 N–H and O–H groups in total. The summed E-state index contributed by atoms with van der Waals surface area (Å²) in [5.41, 5.74) is 0. The highest BCUT2D eigenvalue weighted by molar-refractivity contribution is 4.48. The SMILES string of the molecule is CCOCCOC(COC(C)C)OC(C)C. The first kappa shape index (κ1) is 15.8. The normalized spacial score (nSPS) is 13.7. The standard InChI is InChI=1S/C12H26O4/c1-6-13-7-8-14-12(16-11(4)5)9-15-10(2)3/h10-12H,6-9H2,1-5H3. The van der Waals surface area contributed by atoms with Crippen molar-refractivity contribution in [2.75, 3.05) is 26.4 Å². The Kier molecular flexibility index (Phi) is 9.92. The summed E-state index contributed by atoms with van der Waals surface area (Å²) in [6, 6.07) is 0. The Morgan fingerprint density at radius 3 is 2.06 bits per heavy atom. The summed E-state index contributed by atoms with van der Waals surface area (Å²) >= 11 is 0. The molecule has 1 unspecified atom stereocenters. The van der Waals surface area contributed by atoms with Gasteiger partial charge in [-0.05, 0) is 34.6 Å². The molecular weight excluding hydrogens is 208 g/mol. The van der Waals surface area contributed by atoms with Gasteiger partial charge in [0.1, 0.15) is 0 Å². The van der Waals surface area contributed by atoms with Crippen molar-refractivity contribution in [3.05, 3.63) is 0 Å². The zero-order chi connectivity index (χ0) is 12.4. The van der Waals surface area contributed by atoms with Crippen LogP contribution in [0.2, 0.25) is 0 Å². The molecule has 0 radical (unpaired) electrons. The van der Waals surface area contributed by atoms with E-state index in [1.165, 1.54) is 0 Å². The van der Waals surface area contributed by atoms with Gasteiger partial charge in [0.15, 0.2) is 6.29 Å². The molecule has 0 fully saturated rings. The van der Waals surface area contributed by atoms with Gasteiger partial charge in [0.25, 0.3) is 0 Å². The summed E-state index contributed by atoms with van der Waals surface area (Å²) in [6.45, 7) is 12.2. The lowest BCUT2D eigenvalue weighted by Gasteiger charge is -2.21. The van der Waals surface area contributed by atoms with E-state index in [0.717, 1.165) is 0 Å². The highest BCUT2D eigenvalue weighted by atomic mass is 16.7. The van der Waals surface area contributed by atoms with E-state index in [4.69, 9.17) is 18.9 Å². The highest BCUT2D eigenvalue weighted by Gasteiger charge is 2.12. The molecule has 0 saturated carbocycles. The largest absolute Gasteiger partial charge is 0.379 e. The van der Waals surface area contributed by atoms with Gasteiger partial charge in [-0.25, -0.2) is 0 Å².